The monoisotopic (exact) mass is 366 g/mol. The molecule has 0 aliphatic heterocycles. The maximum Gasteiger partial charge on any atom is 0.244 e. The molecule has 24 heavy (non-hydrogen) atoms. The van der Waals surface area contributed by atoms with Crippen LogP contribution in [0.5, 0.6) is 0 Å². The fourth-order valence-electron chi connectivity index (χ4n) is 1.84. The molecule has 0 saturated heterocycles. The summed E-state index contributed by atoms with van der Waals surface area (Å²) in [6.45, 7) is -0.0754. The maximum absolute atomic E-state index is 12.8. The molecule has 0 saturated carbocycles. The zero-order valence-electron chi connectivity index (χ0n) is 13.0. The molecule has 2 aromatic carbocycles. The Morgan fingerprint density at radius 2 is 1.83 bits per heavy atom. The zero-order valence-corrected chi connectivity index (χ0v) is 14.5. The van der Waals surface area contributed by atoms with Crippen LogP contribution in [0.15, 0.2) is 53.4 Å². The van der Waals surface area contributed by atoms with E-state index in [0.29, 0.717) is 10.7 Å². The molecule has 0 aromatic heterocycles. The highest BCUT2D eigenvalue weighted by Gasteiger charge is 2.14. The number of halogens is 2. The molecular weight excluding hydrogens is 351 g/mol. The van der Waals surface area contributed by atoms with E-state index in [-0.39, 0.29) is 29.9 Å². The molecule has 2 amide bonds. The SMILES string of the molecule is CN(CC(=O)Nc1ccccc1Cl)C(=O)CSc1ccc(F)cc1. The number of para-hydroxylation sites is 1. The van der Waals surface area contributed by atoms with Crippen LogP contribution in [0.2, 0.25) is 5.02 Å². The Morgan fingerprint density at radius 3 is 2.50 bits per heavy atom. The molecule has 0 heterocycles. The molecule has 0 aliphatic rings. The summed E-state index contributed by atoms with van der Waals surface area (Å²) in [4.78, 5) is 26.2. The van der Waals surface area contributed by atoms with E-state index < -0.39 is 0 Å². The van der Waals surface area contributed by atoms with Crippen LogP contribution in [0, 0.1) is 5.82 Å². The predicted molar refractivity (Wildman–Crippen MR) is 94.8 cm³/mol. The van der Waals surface area contributed by atoms with Crippen molar-refractivity contribution in [2.75, 3.05) is 24.7 Å². The predicted octanol–water partition coefficient (Wildman–Crippen LogP) is 3.67. The number of benzene rings is 2. The van der Waals surface area contributed by atoms with E-state index in [1.54, 1.807) is 43.4 Å². The lowest BCUT2D eigenvalue weighted by molar-refractivity contribution is -0.131. The number of hydrogen-bond acceptors (Lipinski definition) is 3. The highest BCUT2D eigenvalue weighted by atomic mass is 35.5. The Labute approximate surface area is 149 Å². The number of nitrogens with zero attached hydrogens (tertiary/aromatic N) is 1. The molecule has 0 atom stereocenters. The number of likely N-dealkylation sites (N-methyl/N-ethyl adjacent to an activating group) is 1. The lowest BCUT2D eigenvalue weighted by atomic mass is 10.3. The van der Waals surface area contributed by atoms with Crippen LogP contribution in [0.1, 0.15) is 0 Å². The second kappa shape index (κ2) is 8.70. The number of anilines is 1. The molecule has 126 valence electrons. The molecule has 0 unspecified atom stereocenters. The van der Waals surface area contributed by atoms with Gasteiger partial charge < -0.3 is 10.2 Å². The van der Waals surface area contributed by atoms with Crippen molar-refractivity contribution < 1.29 is 14.0 Å². The van der Waals surface area contributed by atoms with Gasteiger partial charge in [-0.15, -0.1) is 11.8 Å². The van der Waals surface area contributed by atoms with E-state index in [9.17, 15) is 14.0 Å². The van der Waals surface area contributed by atoms with Crippen LogP contribution in [0.3, 0.4) is 0 Å². The third kappa shape index (κ3) is 5.54. The summed E-state index contributed by atoms with van der Waals surface area (Å²) in [5, 5.41) is 3.10. The summed E-state index contributed by atoms with van der Waals surface area (Å²) >= 11 is 7.26. The van der Waals surface area contributed by atoms with Crippen LogP contribution in [0.4, 0.5) is 10.1 Å². The molecule has 2 aromatic rings. The van der Waals surface area contributed by atoms with E-state index in [2.05, 4.69) is 5.32 Å². The normalized spacial score (nSPS) is 10.3. The van der Waals surface area contributed by atoms with Gasteiger partial charge in [-0.05, 0) is 36.4 Å². The molecule has 0 bridgehead atoms. The van der Waals surface area contributed by atoms with E-state index in [1.807, 2.05) is 0 Å². The average Bonchev–Trinajstić information content (AvgIpc) is 2.56. The van der Waals surface area contributed by atoms with Gasteiger partial charge in [-0.25, -0.2) is 4.39 Å². The Morgan fingerprint density at radius 1 is 1.17 bits per heavy atom. The summed E-state index contributed by atoms with van der Waals surface area (Å²) in [5.41, 5.74) is 0.505. The minimum Gasteiger partial charge on any atom is -0.336 e. The van der Waals surface area contributed by atoms with Gasteiger partial charge in [-0.2, -0.15) is 0 Å². The van der Waals surface area contributed by atoms with Crippen molar-refractivity contribution in [3.05, 3.63) is 59.4 Å². The van der Waals surface area contributed by atoms with Gasteiger partial charge in [-0.3, -0.25) is 9.59 Å². The van der Waals surface area contributed by atoms with Crippen molar-refractivity contribution in [3.63, 3.8) is 0 Å². The molecule has 0 fully saturated rings. The maximum atomic E-state index is 12.8. The number of hydrogen-bond donors (Lipinski definition) is 1. The van der Waals surface area contributed by atoms with E-state index in [4.69, 9.17) is 11.6 Å². The Balaban J connectivity index is 1.81. The fourth-order valence-corrected chi connectivity index (χ4v) is 2.86. The standard InChI is InChI=1S/C17H16ClFN2O2S/c1-21(10-16(22)20-15-5-3-2-4-14(15)18)17(23)11-24-13-8-6-12(19)7-9-13/h2-9H,10-11H2,1H3,(H,20,22). The van der Waals surface area contributed by atoms with E-state index in [0.717, 1.165) is 4.90 Å². The molecule has 1 N–H and O–H groups in total. The van der Waals surface area contributed by atoms with Crippen molar-refractivity contribution in [2.45, 2.75) is 4.90 Å². The molecule has 2 rings (SSSR count). The minimum atomic E-state index is -0.328. The van der Waals surface area contributed by atoms with Gasteiger partial charge in [0.1, 0.15) is 5.82 Å². The molecule has 0 spiro atoms. The zero-order chi connectivity index (χ0) is 17.5. The van der Waals surface area contributed by atoms with Gasteiger partial charge in [0.05, 0.1) is 23.0 Å². The van der Waals surface area contributed by atoms with Crippen LogP contribution in [-0.2, 0) is 9.59 Å². The first-order valence-electron chi connectivity index (χ1n) is 7.12. The fraction of sp³-hybridized carbons (Fsp3) is 0.176. The number of carbonyl (C=O) groups excluding carboxylic acids is 2. The summed E-state index contributed by atoms with van der Waals surface area (Å²) in [5.74, 6) is -0.676. The van der Waals surface area contributed by atoms with Gasteiger partial charge >= 0.3 is 0 Å². The topological polar surface area (TPSA) is 49.4 Å². The summed E-state index contributed by atoms with van der Waals surface area (Å²) in [6, 6.07) is 12.8. The third-order valence-corrected chi connectivity index (χ3v) is 4.46. The van der Waals surface area contributed by atoms with Crippen molar-refractivity contribution in [1.29, 1.82) is 0 Å². The van der Waals surface area contributed by atoms with Crippen molar-refractivity contribution in [1.82, 2.24) is 4.90 Å². The van der Waals surface area contributed by atoms with Gasteiger partial charge in [-0.1, -0.05) is 23.7 Å². The molecular formula is C17H16ClFN2O2S. The van der Waals surface area contributed by atoms with Crippen LogP contribution in [-0.4, -0.2) is 36.1 Å². The quantitative estimate of drug-likeness (QED) is 0.793. The Bertz CT molecular complexity index is 725. The van der Waals surface area contributed by atoms with E-state index >= 15 is 0 Å². The Kier molecular flexibility index (Phi) is 6.63. The van der Waals surface area contributed by atoms with Crippen LogP contribution < -0.4 is 5.32 Å². The average molecular weight is 367 g/mol. The first-order chi connectivity index (χ1) is 11.5. The van der Waals surface area contributed by atoms with Crippen molar-refractivity contribution in [2.24, 2.45) is 0 Å². The van der Waals surface area contributed by atoms with Crippen molar-refractivity contribution >= 4 is 40.9 Å². The summed E-state index contributed by atoms with van der Waals surface area (Å²) in [6.07, 6.45) is 0. The van der Waals surface area contributed by atoms with Crippen LogP contribution in [0.25, 0.3) is 0 Å². The smallest absolute Gasteiger partial charge is 0.244 e. The highest BCUT2D eigenvalue weighted by Crippen LogP contribution is 2.20. The summed E-state index contributed by atoms with van der Waals surface area (Å²) < 4.78 is 12.8. The second-order valence-electron chi connectivity index (χ2n) is 5.02. The first-order valence-corrected chi connectivity index (χ1v) is 8.49. The van der Waals surface area contributed by atoms with E-state index in [1.165, 1.54) is 28.8 Å². The first kappa shape index (κ1) is 18.3. The van der Waals surface area contributed by atoms with Gasteiger partial charge in [0.25, 0.3) is 0 Å². The number of carbonyl (C=O) groups is 2. The van der Waals surface area contributed by atoms with Gasteiger partial charge in [0, 0.05) is 11.9 Å². The highest BCUT2D eigenvalue weighted by molar-refractivity contribution is 8.00. The minimum absolute atomic E-state index is 0.0754. The Hall–Kier alpha value is -2.05. The lowest BCUT2D eigenvalue weighted by Crippen LogP contribution is -2.36. The number of rotatable bonds is 6. The summed E-state index contributed by atoms with van der Waals surface area (Å²) in [7, 11) is 1.56. The largest absolute Gasteiger partial charge is 0.336 e. The number of thioether (sulfide) groups is 1. The van der Waals surface area contributed by atoms with Gasteiger partial charge in [0.15, 0.2) is 0 Å². The molecule has 4 nitrogen and oxygen atoms in total. The van der Waals surface area contributed by atoms with Gasteiger partial charge in [0.2, 0.25) is 11.8 Å². The molecule has 0 radical (unpaired) electrons. The second-order valence-corrected chi connectivity index (χ2v) is 6.48. The molecule has 7 heteroatoms. The molecule has 0 aliphatic carbocycles. The number of nitrogens with one attached hydrogen (secondary N) is 1. The third-order valence-electron chi connectivity index (χ3n) is 3.13. The van der Waals surface area contributed by atoms with Crippen LogP contribution >= 0.6 is 23.4 Å². The lowest BCUT2D eigenvalue weighted by Gasteiger charge is -2.17. The van der Waals surface area contributed by atoms with Crippen molar-refractivity contribution in [3.8, 4) is 0 Å². The number of amides is 2.